The van der Waals surface area contributed by atoms with Crippen molar-refractivity contribution in [1.29, 1.82) is 0 Å². The molecule has 2 rings (SSSR count). The molecule has 1 amide bonds. The van der Waals surface area contributed by atoms with Crippen molar-refractivity contribution in [3.63, 3.8) is 0 Å². The number of carbonyl (C=O) groups excluding carboxylic acids is 1. The van der Waals surface area contributed by atoms with Gasteiger partial charge in [-0.2, -0.15) is 0 Å². The van der Waals surface area contributed by atoms with E-state index in [0.717, 1.165) is 5.75 Å². The second kappa shape index (κ2) is 8.43. The van der Waals surface area contributed by atoms with E-state index in [2.05, 4.69) is 48.4 Å². The number of hydrogen-bond donors (Lipinski definition) is 2. The summed E-state index contributed by atoms with van der Waals surface area (Å²) in [5.74, 6) is 7.24. The van der Waals surface area contributed by atoms with E-state index in [1.807, 2.05) is 39.8 Å². The van der Waals surface area contributed by atoms with Gasteiger partial charge in [0.1, 0.15) is 12.4 Å². The molecule has 8 heteroatoms. The van der Waals surface area contributed by atoms with Crippen molar-refractivity contribution in [3.05, 3.63) is 35.7 Å². The number of carbonyl (C=O) groups is 1. The summed E-state index contributed by atoms with van der Waals surface area (Å²) in [6.45, 7) is 14.3. The first-order valence-electron chi connectivity index (χ1n) is 9.28. The van der Waals surface area contributed by atoms with Crippen LogP contribution in [0.4, 0.5) is 0 Å². The highest BCUT2D eigenvalue weighted by molar-refractivity contribution is 8.00. The lowest BCUT2D eigenvalue weighted by Gasteiger charge is -2.22. The standard InChI is InChI=1S/C20H31N5O2S/c1-13(17(26)22-20(5,6)7)28-18-24-23-16(25(18)21)12-27-15-10-8-14(9-11-15)19(2,3)4/h8-11,13H,12,21H2,1-7H3,(H,22,26). The summed E-state index contributed by atoms with van der Waals surface area (Å²) in [7, 11) is 0. The van der Waals surface area contributed by atoms with Gasteiger partial charge < -0.3 is 15.9 Å². The smallest absolute Gasteiger partial charge is 0.233 e. The van der Waals surface area contributed by atoms with Gasteiger partial charge in [0.05, 0.1) is 5.25 Å². The van der Waals surface area contributed by atoms with E-state index in [1.54, 1.807) is 0 Å². The number of rotatable bonds is 6. The molecule has 1 unspecified atom stereocenters. The second-order valence-corrected chi connectivity index (χ2v) is 10.1. The lowest BCUT2D eigenvalue weighted by atomic mass is 9.87. The quantitative estimate of drug-likeness (QED) is 0.566. The van der Waals surface area contributed by atoms with E-state index in [-0.39, 0.29) is 28.7 Å². The molecule has 0 saturated carbocycles. The molecule has 0 radical (unpaired) electrons. The van der Waals surface area contributed by atoms with Crippen molar-refractivity contribution in [2.75, 3.05) is 5.84 Å². The number of nitrogen functional groups attached to an aromatic ring is 1. The highest BCUT2D eigenvalue weighted by Crippen LogP contribution is 2.25. The summed E-state index contributed by atoms with van der Waals surface area (Å²) in [5.41, 5.74) is 1.05. The van der Waals surface area contributed by atoms with Crippen LogP contribution in [0.25, 0.3) is 0 Å². The maximum absolute atomic E-state index is 12.2. The molecule has 1 heterocycles. The normalized spacial score (nSPS) is 13.2. The number of aromatic nitrogens is 3. The summed E-state index contributed by atoms with van der Waals surface area (Å²) in [6, 6.07) is 7.98. The summed E-state index contributed by atoms with van der Waals surface area (Å²) >= 11 is 1.26. The van der Waals surface area contributed by atoms with E-state index >= 15 is 0 Å². The minimum absolute atomic E-state index is 0.0720. The Hall–Kier alpha value is -2.22. The maximum Gasteiger partial charge on any atom is 0.233 e. The summed E-state index contributed by atoms with van der Waals surface area (Å²) in [4.78, 5) is 12.2. The number of benzene rings is 1. The Labute approximate surface area is 171 Å². The fraction of sp³-hybridized carbons (Fsp3) is 0.550. The topological polar surface area (TPSA) is 95.1 Å². The Kier molecular flexibility index (Phi) is 6.64. The molecule has 2 aromatic rings. The minimum Gasteiger partial charge on any atom is -0.486 e. The molecule has 1 atom stereocenters. The number of nitrogens with two attached hydrogens (primary N) is 1. The zero-order chi connectivity index (χ0) is 21.1. The van der Waals surface area contributed by atoms with Crippen molar-refractivity contribution in [1.82, 2.24) is 20.2 Å². The molecular weight excluding hydrogens is 374 g/mol. The van der Waals surface area contributed by atoms with Crippen molar-refractivity contribution < 1.29 is 9.53 Å². The van der Waals surface area contributed by atoms with Crippen LogP contribution < -0.4 is 15.9 Å². The van der Waals surface area contributed by atoms with Crippen LogP contribution in [0.2, 0.25) is 0 Å². The van der Waals surface area contributed by atoms with E-state index in [9.17, 15) is 4.79 Å². The number of ether oxygens (including phenoxy) is 1. The van der Waals surface area contributed by atoms with E-state index in [1.165, 1.54) is 22.0 Å². The van der Waals surface area contributed by atoms with Gasteiger partial charge in [0.2, 0.25) is 11.1 Å². The molecule has 3 N–H and O–H groups in total. The number of hydrogen-bond acceptors (Lipinski definition) is 6. The number of nitrogens with zero attached hydrogens (tertiary/aromatic N) is 3. The van der Waals surface area contributed by atoms with Crippen LogP contribution in [0.15, 0.2) is 29.4 Å². The molecule has 1 aromatic carbocycles. The minimum atomic E-state index is -0.343. The van der Waals surface area contributed by atoms with Gasteiger partial charge in [-0.25, -0.2) is 4.68 Å². The molecule has 0 fully saturated rings. The first kappa shape index (κ1) is 22.1. The third-order valence-corrected chi connectivity index (χ3v) is 5.03. The number of nitrogens with one attached hydrogen (secondary N) is 1. The molecule has 0 bridgehead atoms. The Morgan fingerprint density at radius 2 is 1.79 bits per heavy atom. The largest absolute Gasteiger partial charge is 0.486 e. The summed E-state index contributed by atoms with van der Waals surface area (Å²) in [5, 5.41) is 11.2. The van der Waals surface area contributed by atoms with Crippen LogP contribution in [-0.2, 0) is 16.8 Å². The van der Waals surface area contributed by atoms with Crippen LogP contribution in [0.1, 0.15) is 59.9 Å². The maximum atomic E-state index is 12.2. The van der Waals surface area contributed by atoms with Gasteiger partial charge in [-0.1, -0.05) is 44.7 Å². The van der Waals surface area contributed by atoms with E-state index < -0.39 is 0 Å². The van der Waals surface area contributed by atoms with E-state index in [0.29, 0.717) is 11.0 Å². The van der Waals surface area contributed by atoms with Gasteiger partial charge in [-0.3, -0.25) is 4.79 Å². The fourth-order valence-corrected chi connectivity index (χ4v) is 3.16. The van der Waals surface area contributed by atoms with E-state index in [4.69, 9.17) is 10.6 Å². The highest BCUT2D eigenvalue weighted by Gasteiger charge is 2.23. The molecule has 28 heavy (non-hydrogen) atoms. The van der Waals surface area contributed by atoms with Gasteiger partial charge in [0, 0.05) is 5.54 Å². The average Bonchev–Trinajstić information content (AvgIpc) is 2.91. The third-order valence-electron chi connectivity index (χ3n) is 3.97. The van der Waals surface area contributed by atoms with Gasteiger partial charge >= 0.3 is 0 Å². The summed E-state index contributed by atoms with van der Waals surface area (Å²) in [6.07, 6.45) is 0. The molecule has 7 nitrogen and oxygen atoms in total. The second-order valence-electron chi connectivity index (χ2n) is 8.83. The molecule has 0 aliphatic rings. The third kappa shape index (κ3) is 6.15. The predicted molar refractivity (Wildman–Crippen MR) is 113 cm³/mol. The van der Waals surface area contributed by atoms with Crippen molar-refractivity contribution >= 4 is 17.7 Å². The van der Waals surface area contributed by atoms with Crippen LogP contribution in [0, 0.1) is 0 Å². The first-order valence-corrected chi connectivity index (χ1v) is 10.2. The summed E-state index contributed by atoms with van der Waals surface area (Å²) < 4.78 is 7.15. The Morgan fingerprint density at radius 3 is 2.32 bits per heavy atom. The molecule has 0 saturated heterocycles. The zero-order valence-corrected chi connectivity index (χ0v) is 18.6. The number of thioether (sulfide) groups is 1. The van der Waals surface area contributed by atoms with Crippen LogP contribution >= 0.6 is 11.8 Å². The lowest BCUT2D eigenvalue weighted by molar-refractivity contribution is -0.121. The van der Waals surface area contributed by atoms with Crippen molar-refractivity contribution in [2.45, 2.75) is 76.4 Å². The predicted octanol–water partition coefficient (Wildman–Crippen LogP) is 3.26. The Morgan fingerprint density at radius 1 is 1.18 bits per heavy atom. The first-order chi connectivity index (χ1) is 12.9. The molecule has 0 spiro atoms. The molecule has 0 aliphatic heterocycles. The lowest BCUT2D eigenvalue weighted by Crippen LogP contribution is -2.44. The fourth-order valence-electron chi connectivity index (χ4n) is 2.37. The van der Waals surface area contributed by atoms with Crippen LogP contribution in [0.3, 0.4) is 0 Å². The van der Waals surface area contributed by atoms with Crippen molar-refractivity contribution in [2.24, 2.45) is 0 Å². The average molecular weight is 406 g/mol. The van der Waals surface area contributed by atoms with Gasteiger partial charge in [-0.15, -0.1) is 10.2 Å². The van der Waals surface area contributed by atoms with Gasteiger partial charge in [-0.05, 0) is 50.8 Å². The Bertz CT molecular complexity index is 803. The Balaban J connectivity index is 1.96. The van der Waals surface area contributed by atoms with Gasteiger partial charge in [0.15, 0.2) is 5.82 Å². The monoisotopic (exact) mass is 405 g/mol. The van der Waals surface area contributed by atoms with Crippen LogP contribution in [-0.4, -0.2) is 31.6 Å². The van der Waals surface area contributed by atoms with Crippen LogP contribution in [0.5, 0.6) is 5.75 Å². The zero-order valence-electron chi connectivity index (χ0n) is 17.7. The van der Waals surface area contributed by atoms with Crippen molar-refractivity contribution in [3.8, 4) is 5.75 Å². The van der Waals surface area contributed by atoms with Gasteiger partial charge in [0.25, 0.3) is 0 Å². The SMILES string of the molecule is CC(Sc1nnc(COc2ccc(C(C)(C)C)cc2)n1N)C(=O)NC(C)(C)C. The molecule has 154 valence electrons. The molecular formula is C20H31N5O2S. The highest BCUT2D eigenvalue weighted by atomic mass is 32.2. The molecule has 0 aliphatic carbocycles. The number of amides is 1. The molecule has 1 aromatic heterocycles.